The van der Waals surface area contributed by atoms with Crippen molar-refractivity contribution in [1.29, 1.82) is 0 Å². The van der Waals surface area contributed by atoms with Crippen LogP contribution in [0.1, 0.15) is 5.56 Å². The molecule has 2 aromatic rings. The van der Waals surface area contributed by atoms with Crippen molar-refractivity contribution >= 4 is 33.3 Å². The topological polar surface area (TPSA) is 101 Å². The van der Waals surface area contributed by atoms with Crippen LogP contribution in [0.3, 0.4) is 0 Å². The standard InChI is InChI=1S/C15H15ClFN3O3S/c16-11-3-1-10(2-4-11)5-6-19-15(21)20-13-7-12(17)8-14(9-13)24(18,22)23/h1-4,7-9H,5-6H2,(H2,18,22,23)(H2,19,20,21). The number of carbonyl (C=O) groups is 1. The van der Waals surface area contributed by atoms with Gasteiger partial charge in [0.05, 0.1) is 4.90 Å². The number of primary sulfonamides is 1. The Labute approximate surface area is 143 Å². The monoisotopic (exact) mass is 371 g/mol. The van der Waals surface area contributed by atoms with Crippen LogP contribution < -0.4 is 15.8 Å². The van der Waals surface area contributed by atoms with Crippen LogP contribution in [0.2, 0.25) is 5.02 Å². The first kappa shape index (κ1) is 18.2. The van der Waals surface area contributed by atoms with E-state index in [1.54, 1.807) is 12.1 Å². The minimum atomic E-state index is -4.06. The molecule has 9 heteroatoms. The lowest BCUT2D eigenvalue weighted by Crippen LogP contribution is -2.30. The normalized spacial score (nSPS) is 11.1. The number of benzene rings is 2. The molecule has 6 nitrogen and oxygen atoms in total. The highest BCUT2D eigenvalue weighted by Gasteiger charge is 2.12. The second-order valence-electron chi connectivity index (χ2n) is 4.98. The fraction of sp³-hybridized carbons (Fsp3) is 0.133. The van der Waals surface area contributed by atoms with E-state index in [1.165, 1.54) is 0 Å². The van der Waals surface area contributed by atoms with Crippen molar-refractivity contribution in [1.82, 2.24) is 5.32 Å². The predicted molar refractivity (Wildman–Crippen MR) is 90.0 cm³/mol. The van der Waals surface area contributed by atoms with E-state index in [-0.39, 0.29) is 5.69 Å². The molecule has 4 N–H and O–H groups in total. The van der Waals surface area contributed by atoms with Crippen LogP contribution >= 0.6 is 11.6 Å². The van der Waals surface area contributed by atoms with Gasteiger partial charge >= 0.3 is 6.03 Å². The summed E-state index contributed by atoms with van der Waals surface area (Å²) in [5.41, 5.74) is 0.977. The first-order chi connectivity index (χ1) is 11.2. The summed E-state index contributed by atoms with van der Waals surface area (Å²) in [6.45, 7) is 0.338. The van der Waals surface area contributed by atoms with Gasteiger partial charge in [-0.2, -0.15) is 0 Å². The van der Waals surface area contributed by atoms with Crippen molar-refractivity contribution in [2.45, 2.75) is 11.3 Å². The van der Waals surface area contributed by atoms with Crippen molar-refractivity contribution in [2.75, 3.05) is 11.9 Å². The minimum Gasteiger partial charge on any atom is -0.338 e. The summed E-state index contributed by atoms with van der Waals surface area (Å²) >= 11 is 5.78. The maximum absolute atomic E-state index is 13.4. The van der Waals surface area contributed by atoms with Gasteiger partial charge < -0.3 is 10.6 Å². The third-order valence-electron chi connectivity index (χ3n) is 3.07. The highest BCUT2D eigenvalue weighted by atomic mass is 35.5. The van der Waals surface area contributed by atoms with Gasteiger partial charge in [-0.3, -0.25) is 0 Å². The van der Waals surface area contributed by atoms with Gasteiger partial charge in [0.2, 0.25) is 10.0 Å². The molecule has 0 aromatic heterocycles. The van der Waals surface area contributed by atoms with Gasteiger partial charge in [-0.1, -0.05) is 23.7 Å². The number of nitrogens with one attached hydrogen (secondary N) is 2. The number of rotatable bonds is 5. The quantitative estimate of drug-likeness (QED) is 0.752. The molecule has 0 saturated carbocycles. The van der Waals surface area contributed by atoms with E-state index in [0.717, 1.165) is 23.8 Å². The number of carbonyl (C=O) groups excluding carboxylic acids is 1. The highest BCUT2D eigenvalue weighted by molar-refractivity contribution is 7.89. The summed E-state index contributed by atoms with van der Waals surface area (Å²) in [4.78, 5) is 11.4. The third-order valence-corrected chi connectivity index (χ3v) is 4.21. The Morgan fingerprint density at radius 1 is 1.17 bits per heavy atom. The summed E-state index contributed by atoms with van der Waals surface area (Å²) in [6.07, 6.45) is 0.580. The van der Waals surface area contributed by atoms with Crippen LogP contribution in [0.4, 0.5) is 14.9 Å². The Hall–Kier alpha value is -2.16. The molecular weight excluding hydrogens is 357 g/mol. The molecule has 0 radical (unpaired) electrons. The number of halogens is 2. The van der Waals surface area contributed by atoms with Crippen LogP contribution in [0.15, 0.2) is 47.4 Å². The Morgan fingerprint density at radius 3 is 2.46 bits per heavy atom. The van der Waals surface area contributed by atoms with Crippen molar-refractivity contribution in [2.24, 2.45) is 5.14 Å². The largest absolute Gasteiger partial charge is 0.338 e. The molecule has 0 fully saturated rings. The van der Waals surface area contributed by atoms with Crippen LogP contribution in [-0.2, 0) is 16.4 Å². The zero-order chi connectivity index (χ0) is 17.7. The van der Waals surface area contributed by atoms with Crippen molar-refractivity contribution in [3.63, 3.8) is 0 Å². The van der Waals surface area contributed by atoms with Crippen molar-refractivity contribution in [3.05, 3.63) is 58.9 Å². The molecule has 0 aliphatic heterocycles. The first-order valence-corrected chi connectivity index (χ1v) is 8.79. The van der Waals surface area contributed by atoms with Gasteiger partial charge in [-0.15, -0.1) is 0 Å². The maximum Gasteiger partial charge on any atom is 0.319 e. The predicted octanol–water partition coefficient (Wildman–Crippen LogP) is 2.49. The molecule has 0 bridgehead atoms. The van der Waals surface area contributed by atoms with E-state index in [0.29, 0.717) is 18.0 Å². The molecule has 24 heavy (non-hydrogen) atoms. The molecule has 0 atom stereocenters. The van der Waals surface area contributed by atoms with Crippen LogP contribution in [0.25, 0.3) is 0 Å². The average molecular weight is 372 g/mol. The lowest BCUT2D eigenvalue weighted by atomic mass is 10.1. The van der Waals surface area contributed by atoms with Gasteiger partial charge in [-0.25, -0.2) is 22.7 Å². The molecule has 0 aliphatic carbocycles. The molecular formula is C15H15ClFN3O3S. The molecule has 2 amide bonds. The molecule has 0 unspecified atom stereocenters. The number of anilines is 1. The van der Waals surface area contributed by atoms with Crippen molar-refractivity contribution < 1.29 is 17.6 Å². The van der Waals surface area contributed by atoms with E-state index in [1.807, 2.05) is 12.1 Å². The van der Waals surface area contributed by atoms with Gasteiger partial charge in [0.1, 0.15) is 5.82 Å². The van der Waals surface area contributed by atoms with E-state index in [9.17, 15) is 17.6 Å². The number of hydrogen-bond donors (Lipinski definition) is 3. The molecule has 128 valence electrons. The average Bonchev–Trinajstić information content (AvgIpc) is 2.48. The number of urea groups is 1. The summed E-state index contributed by atoms with van der Waals surface area (Å²) in [7, 11) is -4.06. The Morgan fingerprint density at radius 2 is 1.83 bits per heavy atom. The molecule has 0 aliphatic rings. The zero-order valence-corrected chi connectivity index (χ0v) is 14.0. The number of nitrogens with two attached hydrogens (primary N) is 1. The van der Waals surface area contributed by atoms with E-state index in [4.69, 9.17) is 16.7 Å². The fourth-order valence-corrected chi connectivity index (χ4v) is 2.64. The van der Waals surface area contributed by atoms with E-state index in [2.05, 4.69) is 10.6 Å². The lowest BCUT2D eigenvalue weighted by molar-refractivity contribution is 0.252. The first-order valence-electron chi connectivity index (χ1n) is 6.87. The van der Waals surface area contributed by atoms with Gasteiger partial charge in [0.25, 0.3) is 0 Å². The Bertz CT molecular complexity index is 842. The number of hydrogen-bond acceptors (Lipinski definition) is 3. The fourth-order valence-electron chi connectivity index (χ4n) is 1.95. The van der Waals surface area contributed by atoms with Gasteiger partial charge in [-0.05, 0) is 42.3 Å². The van der Waals surface area contributed by atoms with Crippen LogP contribution in [0, 0.1) is 5.82 Å². The minimum absolute atomic E-state index is 0.0111. The van der Waals surface area contributed by atoms with Crippen LogP contribution in [-0.4, -0.2) is 21.0 Å². The van der Waals surface area contributed by atoms with Crippen molar-refractivity contribution in [3.8, 4) is 0 Å². The van der Waals surface area contributed by atoms with Gasteiger partial charge in [0, 0.05) is 17.3 Å². The SMILES string of the molecule is NS(=O)(=O)c1cc(F)cc(NC(=O)NCCc2ccc(Cl)cc2)c1. The summed E-state index contributed by atoms with van der Waals surface area (Å²) in [6, 6.07) is 9.44. The smallest absolute Gasteiger partial charge is 0.319 e. The molecule has 2 rings (SSSR count). The number of amides is 2. The van der Waals surface area contributed by atoms with Crippen LogP contribution in [0.5, 0.6) is 0 Å². The second-order valence-corrected chi connectivity index (χ2v) is 6.98. The van der Waals surface area contributed by atoms with E-state index < -0.39 is 26.8 Å². The van der Waals surface area contributed by atoms with Gasteiger partial charge in [0.15, 0.2) is 0 Å². The summed E-state index contributed by atoms with van der Waals surface area (Å²) in [5, 5.41) is 10.5. The lowest BCUT2D eigenvalue weighted by Gasteiger charge is -2.09. The molecule has 2 aromatic carbocycles. The molecule has 0 saturated heterocycles. The zero-order valence-electron chi connectivity index (χ0n) is 12.4. The second kappa shape index (κ2) is 7.61. The third kappa shape index (κ3) is 5.48. The summed E-state index contributed by atoms with van der Waals surface area (Å²) < 4.78 is 35.9. The highest BCUT2D eigenvalue weighted by Crippen LogP contribution is 2.17. The Kier molecular flexibility index (Phi) is 5.76. The van der Waals surface area contributed by atoms with E-state index >= 15 is 0 Å². The molecule has 0 heterocycles. The molecule has 0 spiro atoms. The Balaban J connectivity index is 1.92. The summed E-state index contributed by atoms with van der Waals surface area (Å²) in [5.74, 6) is -0.821. The number of sulfonamides is 1. The maximum atomic E-state index is 13.4.